The molecule has 1 aliphatic carbocycles. The summed E-state index contributed by atoms with van der Waals surface area (Å²) in [7, 11) is 0. The highest BCUT2D eigenvalue weighted by molar-refractivity contribution is 7.15. The van der Waals surface area contributed by atoms with Gasteiger partial charge < -0.3 is 10.0 Å². The van der Waals surface area contributed by atoms with Gasteiger partial charge in [-0.3, -0.25) is 9.20 Å². The average Bonchev–Trinajstić information content (AvgIpc) is 3.18. The van der Waals surface area contributed by atoms with Gasteiger partial charge in [-0.1, -0.05) is 6.42 Å². The molecule has 6 nitrogen and oxygen atoms in total. The Balaban J connectivity index is 1.57. The molecule has 3 atom stereocenters. The van der Waals surface area contributed by atoms with Crippen molar-refractivity contribution < 1.29 is 14.7 Å². The number of rotatable bonds is 3. The zero-order chi connectivity index (χ0) is 15.3. The van der Waals surface area contributed by atoms with Crippen molar-refractivity contribution in [3.63, 3.8) is 0 Å². The van der Waals surface area contributed by atoms with Crippen LogP contribution in [0.15, 0.2) is 17.8 Å². The van der Waals surface area contributed by atoms with E-state index in [9.17, 15) is 14.7 Å². The molecule has 4 rings (SSSR count). The summed E-state index contributed by atoms with van der Waals surface area (Å²) in [6.45, 7) is 0.595. The molecule has 2 aromatic rings. The summed E-state index contributed by atoms with van der Waals surface area (Å²) in [6.07, 6.45) is 6.83. The topological polar surface area (TPSA) is 74.9 Å². The quantitative estimate of drug-likeness (QED) is 0.933. The lowest BCUT2D eigenvalue weighted by Gasteiger charge is -2.24. The van der Waals surface area contributed by atoms with Crippen LogP contribution in [0.25, 0.3) is 4.96 Å². The number of carbonyl (C=O) groups excluding carboxylic acids is 1. The van der Waals surface area contributed by atoms with Crippen LogP contribution in [0.5, 0.6) is 0 Å². The standard InChI is InChI=1S/C15H17N3O3S/c19-12(6-10-8-22-15-16-4-5-17(10)15)18-7-9-2-1-3-11(9)13(18)14(20)21/h4-5,8-9,11,13H,1-3,6-7H2,(H,20,21). The monoisotopic (exact) mass is 319 g/mol. The normalized spacial score (nSPS) is 27.5. The summed E-state index contributed by atoms with van der Waals surface area (Å²) in [5, 5.41) is 11.5. The van der Waals surface area contributed by atoms with Gasteiger partial charge in [0, 0.05) is 30.0 Å². The summed E-state index contributed by atoms with van der Waals surface area (Å²) >= 11 is 1.49. The van der Waals surface area contributed by atoms with E-state index in [-0.39, 0.29) is 18.2 Å². The fraction of sp³-hybridized carbons (Fsp3) is 0.533. The van der Waals surface area contributed by atoms with Crippen LogP contribution in [-0.2, 0) is 16.0 Å². The fourth-order valence-corrected chi connectivity index (χ4v) is 4.89. The van der Waals surface area contributed by atoms with E-state index in [1.807, 2.05) is 16.0 Å². The summed E-state index contributed by atoms with van der Waals surface area (Å²) in [4.78, 5) is 30.9. The molecule has 116 valence electrons. The summed E-state index contributed by atoms with van der Waals surface area (Å²) in [5.74, 6) is -0.450. The first-order valence-corrected chi connectivity index (χ1v) is 8.45. The van der Waals surface area contributed by atoms with Crippen LogP contribution in [0.2, 0.25) is 0 Å². The van der Waals surface area contributed by atoms with E-state index < -0.39 is 12.0 Å². The third-order valence-electron chi connectivity index (χ3n) is 5.01. The molecule has 2 aromatic heterocycles. The van der Waals surface area contributed by atoms with Gasteiger partial charge >= 0.3 is 5.97 Å². The van der Waals surface area contributed by atoms with Gasteiger partial charge in [0.2, 0.25) is 5.91 Å². The molecule has 0 aromatic carbocycles. The third kappa shape index (κ3) is 2.03. The highest BCUT2D eigenvalue weighted by atomic mass is 32.1. The second-order valence-corrected chi connectivity index (χ2v) is 7.00. The molecule has 3 heterocycles. The molecule has 1 saturated carbocycles. The maximum atomic E-state index is 12.7. The molecule has 1 aliphatic heterocycles. The van der Waals surface area contributed by atoms with Crippen molar-refractivity contribution in [1.29, 1.82) is 0 Å². The fourth-order valence-electron chi connectivity index (χ4n) is 4.03. The van der Waals surface area contributed by atoms with E-state index in [2.05, 4.69) is 4.98 Å². The predicted molar refractivity (Wildman–Crippen MR) is 80.7 cm³/mol. The number of carboxylic acid groups (broad SMARTS) is 1. The van der Waals surface area contributed by atoms with Gasteiger partial charge in [0.15, 0.2) is 4.96 Å². The number of hydrogen-bond acceptors (Lipinski definition) is 4. The summed E-state index contributed by atoms with van der Waals surface area (Å²) in [5.41, 5.74) is 0.878. The number of imidazole rings is 1. The van der Waals surface area contributed by atoms with Gasteiger partial charge in [-0.05, 0) is 24.7 Å². The van der Waals surface area contributed by atoms with E-state index in [1.165, 1.54) is 11.3 Å². The van der Waals surface area contributed by atoms with Crippen LogP contribution < -0.4 is 0 Å². The molecular weight excluding hydrogens is 302 g/mol. The first-order chi connectivity index (χ1) is 10.6. The van der Waals surface area contributed by atoms with E-state index in [1.54, 1.807) is 11.1 Å². The Morgan fingerprint density at radius 2 is 2.27 bits per heavy atom. The minimum Gasteiger partial charge on any atom is -0.480 e. The third-order valence-corrected chi connectivity index (χ3v) is 5.92. The highest BCUT2D eigenvalue weighted by Gasteiger charge is 2.49. The van der Waals surface area contributed by atoms with Gasteiger partial charge in [-0.15, -0.1) is 11.3 Å². The van der Waals surface area contributed by atoms with E-state index in [4.69, 9.17) is 0 Å². The molecule has 1 saturated heterocycles. The van der Waals surface area contributed by atoms with Crippen LogP contribution >= 0.6 is 11.3 Å². The second kappa shape index (κ2) is 5.08. The number of likely N-dealkylation sites (tertiary alicyclic amines) is 1. The zero-order valence-electron chi connectivity index (χ0n) is 12.0. The molecule has 0 spiro atoms. The van der Waals surface area contributed by atoms with Crippen molar-refractivity contribution in [1.82, 2.24) is 14.3 Å². The largest absolute Gasteiger partial charge is 0.480 e. The number of thiazole rings is 1. The van der Waals surface area contributed by atoms with Crippen molar-refractivity contribution >= 4 is 28.2 Å². The molecule has 0 radical (unpaired) electrons. The zero-order valence-corrected chi connectivity index (χ0v) is 12.8. The molecule has 7 heteroatoms. The maximum Gasteiger partial charge on any atom is 0.326 e. The van der Waals surface area contributed by atoms with E-state index >= 15 is 0 Å². The molecule has 3 unspecified atom stereocenters. The van der Waals surface area contributed by atoms with Crippen LogP contribution in [0.3, 0.4) is 0 Å². The summed E-state index contributed by atoms with van der Waals surface area (Å²) in [6, 6.07) is -0.642. The van der Waals surface area contributed by atoms with Crippen LogP contribution in [-0.4, -0.2) is 43.9 Å². The number of aliphatic carboxylic acids is 1. The average molecular weight is 319 g/mol. The molecule has 1 N–H and O–H groups in total. The Kier molecular flexibility index (Phi) is 3.18. The minimum atomic E-state index is -0.860. The molecule has 22 heavy (non-hydrogen) atoms. The lowest BCUT2D eigenvalue weighted by atomic mass is 9.94. The van der Waals surface area contributed by atoms with Crippen LogP contribution in [0.4, 0.5) is 0 Å². The first-order valence-electron chi connectivity index (χ1n) is 7.57. The van der Waals surface area contributed by atoms with Crippen molar-refractivity contribution in [2.24, 2.45) is 11.8 Å². The smallest absolute Gasteiger partial charge is 0.326 e. The van der Waals surface area contributed by atoms with E-state index in [0.29, 0.717) is 12.5 Å². The Morgan fingerprint density at radius 3 is 3.09 bits per heavy atom. The molecule has 2 fully saturated rings. The van der Waals surface area contributed by atoms with Crippen LogP contribution in [0.1, 0.15) is 25.0 Å². The number of carbonyl (C=O) groups is 2. The molecular formula is C15H17N3O3S. The Labute approximate surface area is 131 Å². The lowest BCUT2D eigenvalue weighted by molar-refractivity contribution is -0.149. The van der Waals surface area contributed by atoms with E-state index in [0.717, 1.165) is 29.9 Å². The van der Waals surface area contributed by atoms with Crippen molar-refractivity contribution in [3.05, 3.63) is 23.5 Å². The minimum absolute atomic E-state index is 0.0878. The molecule has 2 aliphatic rings. The predicted octanol–water partition coefficient (Wildman–Crippen LogP) is 1.65. The number of aromatic nitrogens is 2. The Bertz CT molecular complexity index is 737. The number of nitrogens with zero attached hydrogens (tertiary/aromatic N) is 3. The Hall–Kier alpha value is -1.89. The van der Waals surface area contributed by atoms with Gasteiger partial charge in [-0.25, -0.2) is 9.78 Å². The first kappa shape index (κ1) is 13.8. The number of fused-ring (bicyclic) bond motifs is 2. The maximum absolute atomic E-state index is 12.7. The number of hydrogen-bond donors (Lipinski definition) is 1. The molecule has 1 amide bonds. The Morgan fingerprint density at radius 1 is 1.41 bits per heavy atom. The van der Waals surface area contributed by atoms with Gasteiger partial charge in [0.05, 0.1) is 6.42 Å². The van der Waals surface area contributed by atoms with Crippen molar-refractivity contribution in [3.8, 4) is 0 Å². The van der Waals surface area contributed by atoms with Crippen molar-refractivity contribution in [2.75, 3.05) is 6.54 Å². The van der Waals surface area contributed by atoms with Gasteiger partial charge in [0.1, 0.15) is 6.04 Å². The SMILES string of the molecule is O=C(O)C1C2CCCC2CN1C(=O)Cc1csc2nccn12. The number of carboxylic acids is 1. The van der Waals surface area contributed by atoms with Crippen molar-refractivity contribution in [2.45, 2.75) is 31.7 Å². The molecule has 0 bridgehead atoms. The second-order valence-electron chi connectivity index (χ2n) is 6.17. The summed E-state index contributed by atoms with van der Waals surface area (Å²) < 4.78 is 1.90. The highest BCUT2D eigenvalue weighted by Crippen LogP contribution is 2.42. The van der Waals surface area contributed by atoms with Crippen LogP contribution in [0, 0.1) is 11.8 Å². The van der Waals surface area contributed by atoms with Gasteiger partial charge in [0.25, 0.3) is 0 Å². The number of amides is 1. The van der Waals surface area contributed by atoms with Gasteiger partial charge in [-0.2, -0.15) is 0 Å². The lowest BCUT2D eigenvalue weighted by Crippen LogP contribution is -2.44.